The highest BCUT2D eigenvalue weighted by atomic mass is 79.9. The van der Waals surface area contributed by atoms with E-state index in [1.165, 1.54) is 10.3 Å². The lowest BCUT2D eigenvalue weighted by molar-refractivity contribution is 0.0982. The van der Waals surface area contributed by atoms with Crippen LogP contribution in [0.3, 0.4) is 0 Å². The highest BCUT2D eigenvalue weighted by Crippen LogP contribution is 2.27. The second kappa shape index (κ2) is 6.29. The Kier molecular flexibility index (Phi) is 4.37. The van der Waals surface area contributed by atoms with Gasteiger partial charge in [0.05, 0.1) is 17.4 Å². The Morgan fingerprint density at radius 2 is 1.70 bits per heavy atom. The van der Waals surface area contributed by atoms with E-state index in [1.54, 1.807) is 36.4 Å². The first-order valence-electron chi connectivity index (χ1n) is 7.02. The zero-order valence-corrected chi connectivity index (χ0v) is 14.5. The number of amides is 1. The van der Waals surface area contributed by atoms with Crippen LogP contribution in [0.5, 0.6) is 0 Å². The smallest absolute Gasteiger partial charge is 0.260 e. The Morgan fingerprint density at radius 1 is 1.04 bits per heavy atom. The number of carbonyl (C=O) groups is 1. The van der Waals surface area contributed by atoms with Gasteiger partial charge in [-0.3, -0.25) is 4.79 Å². The zero-order valence-electron chi connectivity index (χ0n) is 12.1. The lowest BCUT2D eigenvalue weighted by atomic mass is 10.1. The zero-order chi connectivity index (χ0) is 16.4. The van der Waals surface area contributed by atoms with Crippen LogP contribution in [0.4, 0.5) is 5.69 Å². The van der Waals surface area contributed by atoms with Crippen molar-refractivity contribution in [1.82, 2.24) is 0 Å². The summed E-state index contributed by atoms with van der Waals surface area (Å²) in [5.41, 5.74) is 1.16. The Labute approximate surface area is 143 Å². The lowest BCUT2D eigenvalue weighted by Crippen LogP contribution is -2.41. The average Bonchev–Trinajstić information content (AvgIpc) is 2.88. The van der Waals surface area contributed by atoms with Crippen LogP contribution in [0, 0.1) is 0 Å². The topological polar surface area (TPSA) is 54.5 Å². The summed E-state index contributed by atoms with van der Waals surface area (Å²) in [5, 5.41) is 1.18. The van der Waals surface area contributed by atoms with E-state index in [0.29, 0.717) is 15.7 Å². The van der Waals surface area contributed by atoms with Crippen molar-refractivity contribution in [3.05, 3.63) is 76.1 Å². The third kappa shape index (κ3) is 3.38. The average molecular weight is 392 g/mol. The van der Waals surface area contributed by atoms with Gasteiger partial charge in [-0.25, -0.2) is 8.42 Å². The number of rotatable bonds is 3. The van der Waals surface area contributed by atoms with Crippen molar-refractivity contribution >= 4 is 37.4 Å². The molecule has 118 valence electrons. The van der Waals surface area contributed by atoms with Gasteiger partial charge in [0, 0.05) is 15.6 Å². The number of nitrogens with zero attached hydrogens (tertiary/aromatic N) is 1. The van der Waals surface area contributed by atoms with Crippen LogP contribution in [0.2, 0.25) is 0 Å². The van der Waals surface area contributed by atoms with E-state index in [0.717, 1.165) is 0 Å². The molecule has 0 aromatic heterocycles. The molecule has 1 atom stereocenters. The molecule has 2 aromatic rings. The van der Waals surface area contributed by atoms with Crippen molar-refractivity contribution in [2.24, 2.45) is 0 Å². The number of para-hydroxylation sites is 1. The van der Waals surface area contributed by atoms with Gasteiger partial charge in [-0.2, -0.15) is 0 Å². The van der Waals surface area contributed by atoms with Crippen LogP contribution in [0.25, 0.3) is 0 Å². The minimum atomic E-state index is -3.26. The van der Waals surface area contributed by atoms with Crippen LogP contribution < -0.4 is 4.90 Å². The van der Waals surface area contributed by atoms with Crippen LogP contribution >= 0.6 is 15.9 Å². The number of anilines is 1. The first kappa shape index (κ1) is 16.0. The van der Waals surface area contributed by atoms with Gasteiger partial charge in [-0.1, -0.05) is 30.3 Å². The molecule has 4 nitrogen and oxygen atoms in total. The quantitative estimate of drug-likeness (QED) is 0.805. The summed E-state index contributed by atoms with van der Waals surface area (Å²) in [5.74, 6) is -0.339. The van der Waals surface area contributed by atoms with E-state index >= 15 is 0 Å². The van der Waals surface area contributed by atoms with Gasteiger partial charge in [-0.05, 0) is 46.3 Å². The first-order valence-corrected chi connectivity index (χ1v) is 9.53. The third-order valence-corrected chi connectivity index (χ3v) is 5.67. The van der Waals surface area contributed by atoms with E-state index < -0.39 is 15.9 Å². The number of halogens is 1. The van der Waals surface area contributed by atoms with Crippen LogP contribution in [0.1, 0.15) is 10.4 Å². The molecule has 1 heterocycles. The molecule has 0 spiro atoms. The van der Waals surface area contributed by atoms with Gasteiger partial charge in [0.15, 0.2) is 9.84 Å². The molecule has 0 fully saturated rings. The molecule has 0 bridgehead atoms. The van der Waals surface area contributed by atoms with Crippen molar-refractivity contribution in [2.75, 3.05) is 10.7 Å². The predicted octanol–water partition coefficient (Wildman–Crippen LogP) is 3.41. The number of benzene rings is 2. The second-order valence-corrected chi connectivity index (χ2v) is 8.00. The molecular formula is C17H14BrNO3S. The molecule has 2 aromatic carbocycles. The number of hydrogen-bond donors (Lipinski definition) is 0. The Bertz CT molecular complexity index is 862. The molecule has 0 radical (unpaired) electrons. The van der Waals surface area contributed by atoms with Crippen LogP contribution in [-0.4, -0.2) is 26.1 Å². The molecule has 1 aliphatic heterocycles. The maximum atomic E-state index is 13.0. The molecule has 3 rings (SSSR count). The molecule has 0 saturated carbocycles. The molecule has 6 heteroatoms. The summed E-state index contributed by atoms with van der Waals surface area (Å²) in [7, 11) is -3.26. The fraction of sp³-hybridized carbons (Fsp3) is 0.118. The van der Waals surface area contributed by atoms with Gasteiger partial charge in [0.1, 0.15) is 0 Å². The summed E-state index contributed by atoms with van der Waals surface area (Å²) < 4.78 is 24.2. The van der Waals surface area contributed by atoms with Crippen LogP contribution in [0.15, 0.2) is 70.6 Å². The molecule has 23 heavy (non-hydrogen) atoms. The summed E-state index contributed by atoms with van der Waals surface area (Å²) in [6, 6.07) is 15.7. The Balaban J connectivity index is 2.05. The number of hydrogen-bond acceptors (Lipinski definition) is 3. The summed E-state index contributed by atoms with van der Waals surface area (Å²) >= 11 is 3.38. The van der Waals surface area contributed by atoms with Gasteiger partial charge >= 0.3 is 0 Å². The van der Waals surface area contributed by atoms with Gasteiger partial charge in [-0.15, -0.1) is 0 Å². The van der Waals surface area contributed by atoms with E-state index in [9.17, 15) is 13.2 Å². The van der Waals surface area contributed by atoms with Gasteiger partial charge < -0.3 is 4.90 Å². The maximum Gasteiger partial charge on any atom is 0.260 e. The molecule has 0 aliphatic carbocycles. The highest BCUT2D eigenvalue weighted by Gasteiger charge is 2.32. The molecular weight excluding hydrogens is 378 g/mol. The molecule has 0 unspecified atom stereocenters. The molecule has 1 aliphatic rings. The molecule has 0 saturated heterocycles. The SMILES string of the molecule is O=C(c1ccccc1Br)N(c1ccccc1)[C@H]1C=CS(=O)(=O)C1. The minimum absolute atomic E-state index is 0.0991. The first-order chi connectivity index (χ1) is 11.0. The third-order valence-electron chi connectivity index (χ3n) is 3.60. The number of sulfone groups is 1. The Hall–Kier alpha value is -1.92. The summed E-state index contributed by atoms with van der Waals surface area (Å²) in [6.45, 7) is 0. The fourth-order valence-corrected chi connectivity index (χ4v) is 4.25. The van der Waals surface area contributed by atoms with E-state index in [1.807, 2.05) is 24.3 Å². The standard InChI is InChI=1S/C17H14BrNO3S/c18-16-9-5-4-8-15(16)17(20)19(13-6-2-1-3-7-13)14-10-11-23(21,22)12-14/h1-11,14H,12H2/t14-/m0/s1. The van der Waals surface area contributed by atoms with E-state index in [2.05, 4.69) is 15.9 Å². The fourth-order valence-electron chi connectivity index (χ4n) is 2.53. The van der Waals surface area contributed by atoms with Gasteiger partial charge in [0.25, 0.3) is 5.91 Å². The Morgan fingerprint density at radius 3 is 2.30 bits per heavy atom. The number of carbonyl (C=O) groups excluding carboxylic acids is 1. The van der Waals surface area contributed by atoms with Gasteiger partial charge in [0.2, 0.25) is 0 Å². The highest BCUT2D eigenvalue weighted by molar-refractivity contribution is 9.10. The lowest BCUT2D eigenvalue weighted by Gasteiger charge is -2.28. The summed E-state index contributed by atoms with van der Waals surface area (Å²) in [6.07, 6.45) is 1.57. The normalized spacial score (nSPS) is 18.7. The van der Waals surface area contributed by atoms with E-state index in [4.69, 9.17) is 0 Å². The maximum absolute atomic E-state index is 13.0. The molecule has 0 N–H and O–H groups in total. The van der Waals surface area contributed by atoms with Crippen LogP contribution in [-0.2, 0) is 9.84 Å². The van der Waals surface area contributed by atoms with E-state index in [-0.39, 0.29) is 11.7 Å². The van der Waals surface area contributed by atoms with Crippen molar-refractivity contribution in [2.45, 2.75) is 6.04 Å². The molecule has 1 amide bonds. The van der Waals surface area contributed by atoms with Crippen molar-refractivity contribution in [1.29, 1.82) is 0 Å². The van der Waals surface area contributed by atoms with Crippen molar-refractivity contribution in [3.8, 4) is 0 Å². The largest absolute Gasteiger partial charge is 0.300 e. The van der Waals surface area contributed by atoms with Crippen molar-refractivity contribution < 1.29 is 13.2 Å². The van der Waals surface area contributed by atoms with Crippen molar-refractivity contribution in [3.63, 3.8) is 0 Å². The minimum Gasteiger partial charge on any atom is -0.300 e. The summed E-state index contributed by atoms with van der Waals surface area (Å²) in [4.78, 5) is 14.6. The second-order valence-electron chi connectivity index (χ2n) is 5.22. The predicted molar refractivity (Wildman–Crippen MR) is 94.1 cm³/mol. The monoisotopic (exact) mass is 391 g/mol.